The summed E-state index contributed by atoms with van der Waals surface area (Å²) < 4.78 is 4.85. The van der Waals surface area contributed by atoms with E-state index < -0.39 is 0 Å². The molecule has 0 aromatic carbocycles. The molecule has 0 saturated carbocycles. The van der Waals surface area contributed by atoms with Crippen molar-refractivity contribution < 1.29 is 4.74 Å². The van der Waals surface area contributed by atoms with Gasteiger partial charge in [0.15, 0.2) is 0 Å². The number of hydrogen-bond acceptors (Lipinski definition) is 1. The molecule has 0 aliphatic rings. The molecule has 3 heteroatoms. The molecule has 0 aromatic heterocycles. The first-order valence-electron chi connectivity index (χ1n) is 2.90. The number of rotatable bonds is 3. The van der Waals surface area contributed by atoms with Crippen molar-refractivity contribution in [2.45, 2.75) is 24.8 Å². The Labute approximate surface area is 66.3 Å². The Bertz CT molecular complexity index is 75.5. The summed E-state index contributed by atoms with van der Waals surface area (Å²) in [6.07, 6.45) is 0. The highest BCUT2D eigenvalue weighted by molar-refractivity contribution is 6.23. The monoisotopic (exact) mass is 170 g/mol. The smallest absolute Gasteiger partial charge is 0.134 e. The molecule has 0 aromatic rings. The lowest BCUT2D eigenvalue weighted by Gasteiger charge is -2.17. The highest BCUT2D eigenvalue weighted by Gasteiger charge is 2.17. The van der Waals surface area contributed by atoms with E-state index in [1.165, 1.54) is 0 Å². The third-order valence-corrected chi connectivity index (χ3v) is 2.34. The topological polar surface area (TPSA) is 9.23 Å². The molecule has 0 heterocycles. The second kappa shape index (κ2) is 4.37. The average Bonchev–Trinajstić information content (AvgIpc) is 1.84. The molecular weight excluding hydrogens is 159 g/mol. The van der Waals surface area contributed by atoms with Gasteiger partial charge in [-0.3, -0.25) is 0 Å². The summed E-state index contributed by atoms with van der Waals surface area (Å²) in [5.41, 5.74) is -0.266. The fourth-order valence-corrected chi connectivity index (χ4v) is 0.848. The Morgan fingerprint density at radius 2 is 1.67 bits per heavy atom. The van der Waals surface area contributed by atoms with E-state index >= 15 is 0 Å². The molecule has 56 valence electrons. The van der Waals surface area contributed by atoms with Crippen LogP contribution in [0.3, 0.4) is 0 Å². The van der Waals surface area contributed by atoms with Crippen molar-refractivity contribution in [2.24, 2.45) is 5.92 Å². The summed E-state index contributed by atoms with van der Waals surface area (Å²) in [5, 5.41) is 0.0625. The first-order chi connectivity index (χ1) is 4.09. The largest absolute Gasteiger partial charge is 0.365 e. The number of alkyl halides is 2. The van der Waals surface area contributed by atoms with E-state index in [4.69, 9.17) is 27.9 Å². The van der Waals surface area contributed by atoms with E-state index in [0.29, 0.717) is 0 Å². The van der Waals surface area contributed by atoms with Gasteiger partial charge in [0.05, 0.1) is 0 Å². The van der Waals surface area contributed by atoms with E-state index in [-0.39, 0.29) is 16.9 Å². The van der Waals surface area contributed by atoms with E-state index in [1.807, 2.05) is 13.8 Å². The van der Waals surface area contributed by atoms with E-state index in [9.17, 15) is 0 Å². The minimum Gasteiger partial charge on any atom is -0.365 e. The number of methoxy groups -OCH3 is 1. The summed E-state index contributed by atoms with van der Waals surface area (Å²) in [4.78, 5) is 0. The van der Waals surface area contributed by atoms with Gasteiger partial charge in [-0.25, -0.2) is 0 Å². The molecule has 0 bridgehead atoms. The van der Waals surface area contributed by atoms with Crippen LogP contribution in [0.5, 0.6) is 0 Å². The first-order valence-corrected chi connectivity index (χ1v) is 3.77. The van der Waals surface area contributed by atoms with Crippen LogP contribution in [-0.4, -0.2) is 18.1 Å². The number of ether oxygens (including phenoxy) is 1. The first kappa shape index (κ1) is 9.54. The quantitative estimate of drug-likeness (QED) is 0.592. The Hall–Kier alpha value is 0.540. The zero-order chi connectivity index (χ0) is 7.44. The van der Waals surface area contributed by atoms with Gasteiger partial charge < -0.3 is 4.74 Å². The van der Waals surface area contributed by atoms with Crippen LogP contribution in [0.4, 0.5) is 0 Å². The second-order valence-electron chi connectivity index (χ2n) is 2.12. The average molecular weight is 171 g/mol. The van der Waals surface area contributed by atoms with E-state index in [2.05, 4.69) is 0 Å². The maximum absolute atomic E-state index is 5.74. The van der Waals surface area contributed by atoms with E-state index in [1.54, 1.807) is 7.11 Å². The normalized spacial score (nSPS) is 21.0. The van der Waals surface area contributed by atoms with Gasteiger partial charge in [0.2, 0.25) is 0 Å². The molecule has 0 fully saturated rings. The second-order valence-corrected chi connectivity index (χ2v) is 3.24. The minimum atomic E-state index is -0.266. The van der Waals surface area contributed by atoms with Gasteiger partial charge in [-0.1, -0.05) is 18.5 Å². The maximum atomic E-state index is 5.74. The van der Waals surface area contributed by atoms with Crippen LogP contribution < -0.4 is 0 Å². The SMILES string of the molecule is COC(Cl)C(C)C(C)Cl. The molecular formula is C6H12Cl2O. The lowest BCUT2D eigenvalue weighted by Crippen LogP contribution is -2.20. The van der Waals surface area contributed by atoms with Gasteiger partial charge >= 0.3 is 0 Å². The number of halogens is 2. The molecule has 3 unspecified atom stereocenters. The molecule has 0 saturated heterocycles. The van der Waals surface area contributed by atoms with Crippen LogP contribution in [-0.2, 0) is 4.74 Å². The third kappa shape index (κ3) is 3.29. The highest BCUT2D eigenvalue weighted by Crippen LogP contribution is 2.18. The molecule has 1 nitrogen and oxygen atoms in total. The lowest BCUT2D eigenvalue weighted by atomic mass is 10.1. The van der Waals surface area contributed by atoms with Crippen LogP contribution >= 0.6 is 23.2 Å². The maximum Gasteiger partial charge on any atom is 0.134 e. The molecule has 0 rings (SSSR count). The van der Waals surface area contributed by atoms with Gasteiger partial charge in [0, 0.05) is 18.4 Å². The van der Waals surface area contributed by atoms with Crippen LogP contribution in [0, 0.1) is 5.92 Å². The van der Waals surface area contributed by atoms with Crippen molar-refractivity contribution in [1.29, 1.82) is 0 Å². The summed E-state index contributed by atoms with van der Waals surface area (Å²) in [7, 11) is 1.58. The van der Waals surface area contributed by atoms with Gasteiger partial charge in [-0.2, -0.15) is 0 Å². The Balaban J connectivity index is 3.58. The van der Waals surface area contributed by atoms with Crippen LogP contribution in [0.25, 0.3) is 0 Å². The van der Waals surface area contributed by atoms with Gasteiger partial charge in [-0.05, 0) is 6.92 Å². The predicted molar refractivity (Wildman–Crippen MR) is 41.1 cm³/mol. The summed E-state index contributed by atoms with van der Waals surface area (Å²) in [5.74, 6) is 0.193. The Kier molecular flexibility index (Phi) is 4.63. The molecule has 0 aliphatic heterocycles. The molecule has 0 spiro atoms. The van der Waals surface area contributed by atoms with Crippen LogP contribution in [0.2, 0.25) is 0 Å². The predicted octanol–water partition coefficient (Wildman–Crippen LogP) is 2.46. The van der Waals surface area contributed by atoms with Gasteiger partial charge in [0.25, 0.3) is 0 Å². The molecule has 0 N–H and O–H groups in total. The molecule has 0 amide bonds. The van der Waals surface area contributed by atoms with Crippen molar-refractivity contribution in [3.8, 4) is 0 Å². The van der Waals surface area contributed by atoms with Gasteiger partial charge in [-0.15, -0.1) is 11.6 Å². The lowest BCUT2D eigenvalue weighted by molar-refractivity contribution is 0.123. The molecule has 9 heavy (non-hydrogen) atoms. The fourth-order valence-electron chi connectivity index (χ4n) is 0.423. The standard InChI is InChI=1S/C6H12Cl2O/c1-4(5(2)7)6(8)9-3/h4-6H,1-3H3. The van der Waals surface area contributed by atoms with Crippen LogP contribution in [0.15, 0.2) is 0 Å². The molecule has 3 atom stereocenters. The van der Waals surface area contributed by atoms with Crippen molar-refractivity contribution in [1.82, 2.24) is 0 Å². The summed E-state index contributed by atoms with van der Waals surface area (Å²) in [6, 6.07) is 0. The summed E-state index contributed by atoms with van der Waals surface area (Å²) >= 11 is 11.4. The number of hydrogen-bond donors (Lipinski definition) is 0. The molecule has 0 radical (unpaired) electrons. The molecule has 0 aliphatic carbocycles. The minimum absolute atomic E-state index is 0.0625. The Morgan fingerprint density at radius 1 is 1.22 bits per heavy atom. The Morgan fingerprint density at radius 3 is 1.78 bits per heavy atom. The van der Waals surface area contributed by atoms with Crippen molar-refractivity contribution >= 4 is 23.2 Å². The zero-order valence-corrected chi connectivity index (χ0v) is 7.41. The van der Waals surface area contributed by atoms with Gasteiger partial charge in [0.1, 0.15) is 5.56 Å². The van der Waals surface area contributed by atoms with Crippen molar-refractivity contribution in [3.63, 3.8) is 0 Å². The summed E-state index contributed by atoms with van der Waals surface area (Å²) in [6.45, 7) is 3.86. The zero-order valence-electron chi connectivity index (χ0n) is 5.90. The third-order valence-electron chi connectivity index (χ3n) is 1.36. The fraction of sp³-hybridized carbons (Fsp3) is 1.00. The van der Waals surface area contributed by atoms with E-state index in [0.717, 1.165) is 0 Å². The van der Waals surface area contributed by atoms with Crippen LogP contribution in [0.1, 0.15) is 13.8 Å². The van der Waals surface area contributed by atoms with Crippen molar-refractivity contribution in [2.75, 3.05) is 7.11 Å². The highest BCUT2D eigenvalue weighted by atomic mass is 35.5. The van der Waals surface area contributed by atoms with Crippen molar-refractivity contribution in [3.05, 3.63) is 0 Å².